The first-order chi connectivity index (χ1) is 9.24. The van der Waals surface area contributed by atoms with Gasteiger partial charge >= 0.3 is 0 Å². The summed E-state index contributed by atoms with van der Waals surface area (Å²) >= 11 is 4.08. The first kappa shape index (κ1) is 13.2. The number of hydrogen-bond donors (Lipinski definition) is 0. The molecule has 1 atom stereocenters. The molecule has 1 nitrogen and oxygen atoms in total. The Morgan fingerprint density at radius 3 is 2.68 bits per heavy atom. The Bertz CT molecular complexity index is 606. The number of halogens is 1. The normalized spacial score (nSPS) is 17.2. The Hall–Kier alpha value is -0.810. The average molecular weight is 380 g/mol. The van der Waals surface area contributed by atoms with Gasteiger partial charge in [0.15, 0.2) is 0 Å². The van der Waals surface area contributed by atoms with Crippen LogP contribution in [0.15, 0.2) is 53.4 Å². The Labute approximate surface area is 130 Å². The van der Waals surface area contributed by atoms with Crippen molar-refractivity contribution < 1.29 is 4.79 Å². The number of thioether (sulfide) groups is 1. The van der Waals surface area contributed by atoms with E-state index in [0.717, 1.165) is 11.3 Å². The first-order valence-corrected chi connectivity index (χ1v) is 8.29. The average Bonchev–Trinajstić information content (AvgIpc) is 2.85. The summed E-state index contributed by atoms with van der Waals surface area (Å²) < 4.78 is 1.20. The summed E-state index contributed by atoms with van der Waals surface area (Å²) in [6.45, 7) is 0. The molecule has 2 aromatic rings. The lowest BCUT2D eigenvalue weighted by atomic mass is 9.93. The van der Waals surface area contributed by atoms with Gasteiger partial charge in [-0.15, -0.1) is 11.8 Å². The van der Waals surface area contributed by atoms with Crippen LogP contribution < -0.4 is 0 Å². The fraction of sp³-hybridized carbons (Fsp3) is 0.188. The number of carbonyl (C=O) groups is 1. The van der Waals surface area contributed by atoms with E-state index in [9.17, 15) is 4.79 Å². The molecule has 1 aliphatic rings. The summed E-state index contributed by atoms with van der Waals surface area (Å²) in [5.41, 5.74) is 2.32. The molecular weight excluding hydrogens is 367 g/mol. The van der Waals surface area contributed by atoms with Crippen LogP contribution in [0.2, 0.25) is 0 Å². The molecule has 0 fully saturated rings. The molecule has 96 valence electrons. The van der Waals surface area contributed by atoms with E-state index >= 15 is 0 Å². The van der Waals surface area contributed by atoms with Gasteiger partial charge in [0.25, 0.3) is 0 Å². The molecule has 1 unspecified atom stereocenters. The second kappa shape index (κ2) is 5.67. The van der Waals surface area contributed by atoms with Crippen LogP contribution in [0.3, 0.4) is 0 Å². The van der Waals surface area contributed by atoms with Gasteiger partial charge < -0.3 is 0 Å². The van der Waals surface area contributed by atoms with Gasteiger partial charge in [-0.1, -0.05) is 30.3 Å². The van der Waals surface area contributed by atoms with E-state index in [-0.39, 0.29) is 5.92 Å². The standard InChI is InChI=1S/C16H13IOS/c17-12-7-5-11(6-8-12)9-15(18)14-10-19-16-4-2-1-3-13(14)16/h1-8,14H,9-10H2. The van der Waals surface area contributed by atoms with Gasteiger partial charge in [0.2, 0.25) is 0 Å². The largest absolute Gasteiger partial charge is 0.299 e. The predicted octanol–water partition coefficient (Wildman–Crippen LogP) is 4.29. The van der Waals surface area contributed by atoms with E-state index in [1.165, 1.54) is 14.0 Å². The molecule has 19 heavy (non-hydrogen) atoms. The molecule has 0 radical (unpaired) electrons. The van der Waals surface area contributed by atoms with Crippen molar-refractivity contribution in [1.82, 2.24) is 0 Å². The van der Waals surface area contributed by atoms with Crippen molar-refractivity contribution in [2.24, 2.45) is 0 Å². The van der Waals surface area contributed by atoms with Crippen LogP contribution >= 0.6 is 34.4 Å². The second-order valence-corrected chi connectivity index (χ2v) is 6.98. The number of Topliss-reactive ketones (excluding diaryl/α,β-unsaturated/α-hetero) is 1. The van der Waals surface area contributed by atoms with Crippen molar-refractivity contribution in [3.05, 3.63) is 63.2 Å². The lowest BCUT2D eigenvalue weighted by Gasteiger charge is -2.09. The van der Waals surface area contributed by atoms with E-state index in [4.69, 9.17) is 0 Å². The van der Waals surface area contributed by atoms with Crippen molar-refractivity contribution in [3.63, 3.8) is 0 Å². The molecule has 1 heterocycles. The SMILES string of the molecule is O=C(Cc1ccc(I)cc1)C1CSc2ccccc21. The van der Waals surface area contributed by atoms with Crippen LogP contribution in [0.25, 0.3) is 0 Å². The minimum atomic E-state index is 0.0699. The smallest absolute Gasteiger partial charge is 0.145 e. The van der Waals surface area contributed by atoms with Gasteiger partial charge in [0.05, 0.1) is 5.92 Å². The number of hydrogen-bond acceptors (Lipinski definition) is 2. The van der Waals surface area contributed by atoms with Crippen molar-refractivity contribution in [2.75, 3.05) is 5.75 Å². The Balaban J connectivity index is 1.77. The first-order valence-electron chi connectivity index (χ1n) is 6.23. The van der Waals surface area contributed by atoms with Crippen molar-refractivity contribution in [1.29, 1.82) is 0 Å². The quantitative estimate of drug-likeness (QED) is 0.739. The molecule has 0 saturated heterocycles. The zero-order valence-corrected chi connectivity index (χ0v) is 13.3. The summed E-state index contributed by atoms with van der Waals surface area (Å²) in [5, 5.41) is 0. The molecule has 0 aliphatic carbocycles. The van der Waals surface area contributed by atoms with E-state index in [1.807, 2.05) is 24.3 Å². The topological polar surface area (TPSA) is 17.1 Å². The fourth-order valence-electron chi connectivity index (χ4n) is 2.36. The van der Waals surface area contributed by atoms with Gasteiger partial charge in [-0.2, -0.15) is 0 Å². The fourth-order valence-corrected chi connectivity index (χ4v) is 3.98. The van der Waals surface area contributed by atoms with Gasteiger partial charge in [0, 0.05) is 20.6 Å². The second-order valence-electron chi connectivity index (χ2n) is 4.67. The predicted molar refractivity (Wildman–Crippen MR) is 87.8 cm³/mol. The maximum absolute atomic E-state index is 12.4. The summed E-state index contributed by atoms with van der Waals surface area (Å²) in [6, 6.07) is 16.5. The maximum Gasteiger partial charge on any atom is 0.145 e. The minimum Gasteiger partial charge on any atom is -0.299 e. The Kier molecular flexibility index (Phi) is 3.93. The molecule has 3 rings (SSSR count). The molecular formula is C16H13IOS. The molecule has 0 saturated carbocycles. The van der Waals surface area contributed by atoms with E-state index in [2.05, 4.69) is 46.9 Å². The third kappa shape index (κ3) is 2.87. The molecule has 0 N–H and O–H groups in total. The highest BCUT2D eigenvalue weighted by atomic mass is 127. The number of ketones is 1. The van der Waals surface area contributed by atoms with Gasteiger partial charge in [-0.25, -0.2) is 0 Å². The lowest BCUT2D eigenvalue weighted by molar-refractivity contribution is -0.119. The summed E-state index contributed by atoms with van der Waals surface area (Å²) in [6.07, 6.45) is 0.538. The van der Waals surface area contributed by atoms with Gasteiger partial charge in [-0.3, -0.25) is 4.79 Å². The Morgan fingerprint density at radius 1 is 1.16 bits per heavy atom. The van der Waals surface area contributed by atoms with Gasteiger partial charge in [-0.05, 0) is 51.9 Å². The molecule has 2 aromatic carbocycles. The zero-order valence-electron chi connectivity index (χ0n) is 10.3. The van der Waals surface area contributed by atoms with Crippen molar-refractivity contribution in [2.45, 2.75) is 17.2 Å². The molecule has 1 aliphatic heterocycles. The number of fused-ring (bicyclic) bond motifs is 1. The number of carbonyl (C=O) groups excluding carboxylic acids is 1. The van der Waals surface area contributed by atoms with Crippen LogP contribution in [0.4, 0.5) is 0 Å². The monoisotopic (exact) mass is 380 g/mol. The third-order valence-corrected chi connectivity index (χ3v) is 5.28. The highest BCUT2D eigenvalue weighted by molar-refractivity contribution is 14.1. The maximum atomic E-state index is 12.4. The van der Waals surface area contributed by atoms with Crippen LogP contribution in [0, 0.1) is 3.57 Å². The van der Waals surface area contributed by atoms with Crippen molar-refractivity contribution >= 4 is 40.1 Å². The van der Waals surface area contributed by atoms with E-state index < -0.39 is 0 Å². The summed E-state index contributed by atoms with van der Waals surface area (Å²) in [7, 11) is 0. The van der Waals surface area contributed by atoms with Crippen LogP contribution in [0.5, 0.6) is 0 Å². The Morgan fingerprint density at radius 2 is 1.89 bits per heavy atom. The summed E-state index contributed by atoms with van der Waals surface area (Å²) in [5.74, 6) is 1.29. The lowest BCUT2D eigenvalue weighted by Crippen LogP contribution is -2.14. The number of benzene rings is 2. The molecule has 0 bridgehead atoms. The number of rotatable bonds is 3. The summed E-state index contributed by atoms with van der Waals surface area (Å²) in [4.78, 5) is 13.7. The van der Waals surface area contributed by atoms with Gasteiger partial charge in [0.1, 0.15) is 5.78 Å². The zero-order chi connectivity index (χ0) is 13.2. The molecule has 0 spiro atoms. The molecule has 3 heteroatoms. The highest BCUT2D eigenvalue weighted by Gasteiger charge is 2.28. The molecule has 0 aromatic heterocycles. The minimum absolute atomic E-state index is 0.0699. The van der Waals surface area contributed by atoms with Crippen molar-refractivity contribution in [3.8, 4) is 0 Å². The van der Waals surface area contributed by atoms with Crippen LogP contribution in [-0.4, -0.2) is 11.5 Å². The molecule has 0 amide bonds. The van der Waals surface area contributed by atoms with E-state index in [0.29, 0.717) is 12.2 Å². The third-order valence-electron chi connectivity index (χ3n) is 3.38. The highest BCUT2D eigenvalue weighted by Crippen LogP contribution is 2.40. The van der Waals surface area contributed by atoms with Crippen LogP contribution in [0.1, 0.15) is 17.0 Å². The van der Waals surface area contributed by atoms with Crippen LogP contribution in [-0.2, 0) is 11.2 Å². The van der Waals surface area contributed by atoms with E-state index in [1.54, 1.807) is 11.8 Å².